The Balaban J connectivity index is 2.29. The highest BCUT2D eigenvalue weighted by Gasteiger charge is 2.18. The van der Waals surface area contributed by atoms with Gasteiger partial charge in [0.2, 0.25) is 0 Å². The van der Waals surface area contributed by atoms with Crippen LogP contribution in [-0.2, 0) is 7.05 Å². The molecule has 0 fully saturated rings. The van der Waals surface area contributed by atoms with Gasteiger partial charge in [0.25, 0.3) is 0 Å². The molecule has 0 saturated carbocycles. The van der Waals surface area contributed by atoms with Crippen LogP contribution in [0.15, 0.2) is 42.6 Å². The van der Waals surface area contributed by atoms with E-state index < -0.39 is 0 Å². The molecular weight excluding hydrogens is 260 g/mol. The number of hydrogen-bond acceptors (Lipinski definition) is 3. The van der Waals surface area contributed by atoms with Gasteiger partial charge >= 0.3 is 0 Å². The molecule has 2 heterocycles. The van der Waals surface area contributed by atoms with Crippen LogP contribution in [0.2, 0.25) is 0 Å². The predicted octanol–water partition coefficient (Wildman–Crippen LogP) is 3.35. The van der Waals surface area contributed by atoms with Crippen LogP contribution in [0.25, 0.3) is 22.4 Å². The lowest BCUT2D eigenvalue weighted by atomic mass is 9.97. The molecule has 3 aromatic rings. The number of aryl methyl sites for hydroxylation is 3. The van der Waals surface area contributed by atoms with Crippen molar-refractivity contribution in [2.24, 2.45) is 7.05 Å². The summed E-state index contributed by atoms with van der Waals surface area (Å²) >= 11 is 0. The van der Waals surface area contributed by atoms with Crippen molar-refractivity contribution in [3.8, 4) is 22.4 Å². The third-order valence-electron chi connectivity index (χ3n) is 3.68. The van der Waals surface area contributed by atoms with Gasteiger partial charge in [0, 0.05) is 24.5 Å². The van der Waals surface area contributed by atoms with E-state index in [0.717, 1.165) is 28.1 Å². The molecule has 0 aliphatic carbocycles. The molecular formula is C17H18N4. The molecule has 0 aliphatic heterocycles. The summed E-state index contributed by atoms with van der Waals surface area (Å²) in [6.45, 7) is 4.06. The lowest BCUT2D eigenvalue weighted by Crippen LogP contribution is -1.98. The molecule has 0 spiro atoms. The summed E-state index contributed by atoms with van der Waals surface area (Å²) in [5.41, 5.74) is 12.5. The van der Waals surface area contributed by atoms with Crippen molar-refractivity contribution in [2.45, 2.75) is 13.8 Å². The largest absolute Gasteiger partial charge is 0.383 e. The van der Waals surface area contributed by atoms with Gasteiger partial charge < -0.3 is 5.73 Å². The van der Waals surface area contributed by atoms with Crippen molar-refractivity contribution in [3.05, 3.63) is 53.9 Å². The van der Waals surface area contributed by atoms with Crippen molar-refractivity contribution in [3.63, 3.8) is 0 Å². The van der Waals surface area contributed by atoms with Gasteiger partial charge in [0.05, 0.1) is 5.56 Å². The minimum atomic E-state index is 0.675. The monoisotopic (exact) mass is 278 g/mol. The second-order valence-electron chi connectivity index (χ2n) is 5.23. The zero-order valence-electron chi connectivity index (χ0n) is 12.5. The Morgan fingerprint density at radius 2 is 1.86 bits per heavy atom. The summed E-state index contributed by atoms with van der Waals surface area (Å²) in [6.07, 6.45) is 1.80. The number of anilines is 1. The Morgan fingerprint density at radius 3 is 2.57 bits per heavy atom. The van der Waals surface area contributed by atoms with Crippen LogP contribution in [0, 0.1) is 13.8 Å². The van der Waals surface area contributed by atoms with Gasteiger partial charge in [-0.15, -0.1) is 0 Å². The number of rotatable bonds is 2. The minimum absolute atomic E-state index is 0.675. The summed E-state index contributed by atoms with van der Waals surface area (Å²) < 4.78 is 1.73. The van der Waals surface area contributed by atoms with E-state index in [-0.39, 0.29) is 0 Å². The van der Waals surface area contributed by atoms with Crippen molar-refractivity contribution in [2.75, 3.05) is 5.73 Å². The third-order valence-corrected chi connectivity index (χ3v) is 3.68. The molecule has 0 saturated heterocycles. The molecule has 106 valence electrons. The van der Waals surface area contributed by atoms with Crippen molar-refractivity contribution < 1.29 is 0 Å². The van der Waals surface area contributed by atoms with Gasteiger partial charge in [-0.3, -0.25) is 9.67 Å². The maximum absolute atomic E-state index is 6.26. The highest BCUT2D eigenvalue weighted by atomic mass is 15.3. The Bertz CT molecular complexity index is 802. The fourth-order valence-corrected chi connectivity index (χ4v) is 2.55. The number of aromatic nitrogens is 3. The minimum Gasteiger partial charge on any atom is -0.383 e. The van der Waals surface area contributed by atoms with Crippen LogP contribution in [0.3, 0.4) is 0 Å². The predicted molar refractivity (Wildman–Crippen MR) is 85.8 cm³/mol. The van der Waals surface area contributed by atoms with E-state index in [1.165, 1.54) is 5.56 Å². The van der Waals surface area contributed by atoms with E-state index in [0.29, 0.717) is 5.82 Å². The maximum Gasteiger partial charge on any atom is 0.129 e. The smallest absolute Gasteiger partial charge is 0.129 e. The summed E-state index contributed by atoms with van der Waals surface area (Å²) in [4.78, 5) is 4.25. The molecule has 1 aromatic carbocycles. The summed E-state index contributed by atoms with van der Waals surface area (Å²) in [6, 6.07) is 12.2. The van der Waals surface area contributed by atoms with Gasteiger partial charge in [-0.2, -0.15) is 5.10 Å². The van der Waals surface area contributed by atoms with Gasteiger partial charge in [0.1, 0.15) is 11.5 Å². The average molecular weight is 278 g/mol. The molecule has 2 aromatic heterocycles. The highest BCUT2D eigenvalue weighted by Crippen LogP contribution is 2.37. The molecule has 4 heteroatoms. The van der Waals surface area contributed by atoms with E-state index in [9.17, 15) is 0 Å². The van der Waals surface area contributed by atoms with E-state index in [1.807, 2.05) is 38.2 Å². The van der Waals surface area contributed by atoms with E-state index in [1.54, 1.807) is 10.9 Å². The lowest BCUT2D eigenvalue weighted by molar-refractivity contribution is 0.782. The Labute approximate surface area is 124 Å². The zero-order valence-corrected chi connectivity index (χ0v) is 12.5. The molecule has 0 radical (unpaired) electrons. The highest BCUT2D eigenvalue weighted by molar-refractivity contribution is 5.89. The molecule has 3 rings (SSSR count). The number of nitrogens with two attached hydrogens (primary N) is 1. The van der Waals surface area contributed by atoms with E-state index in [4.69, 9.17) is 5.73 Å². The topological polar surface area (TPSA) is 56.7 Å². The first kappa shape index (κ1) is 13.4. The van der Waals surface area contributed by atoms with E-state index in [2.05, 4.69) is 29.1 Å². The first-order chi connectivity index (χ1) is 10.1. The first-order valence-corrected chi connectivity index (χ1v) is 6.89. The average Bonchev–Trinajstić information content (AvgIpc) is 2.76. The molecule has 0 unspecified atom stereocenters. The second kappa shape index (κ2) is 5.05. The second-order valence-corrected chi connectivity index (χ2v) is 5.23. The SMILES string of the molecule is Cc1cc(-c2nn(C)c(N)c2-c2ccccc2C)ccn1. The fraction of sp³-hybridized carbons (Fsp3) is 0.176. The van der Waals surface area contributed by atoms with Crippen LogP contribution >= 0.6 is 0 Å². The number of hydrogen-bond donors (Lipinski definition) is 1. The lowest BCUT2D eigenvalue weighted by Gasteiger charge is -2.08. The molecule has 2 N–H and O–H groups in total. The van der Waals surface area contributed by atoms with Crippen LogP contribution < -0.4 is 5.73 Å². The van der Waals surface area contributed by atoms with Crippen LogP contribution in [0.4, 0.5) is 5.82 Å². The van der Waals surface area contributed by atoms with Gasteiger partial charge in [0.15, 0.2) is 0 Å². The molecule has 0 atom stereocenters. The maximum atomic E-state index is 6.26. The fourth-order valence-electron chi connectivity index (χ4n) is 2.55. The van der Waals surface area contributed by atoms with Gasteiger partial charge in [-0.05, 0) is 37.1 Å². The van der Waals surface area contributed by atoms with Gasteiger partial charge in [-0.25, -0.2) is 0 Å². The van der Waals surface area contributed by atoms with Crippen molar-refractivity contribution in [1.82, 2.24) is 14.8 Å². The first-order valence-electron chi connectivity index (χ1n) is 6.89. The zero-order chi connectivity index (χ0) is 15.0. The van der Waals surface area contributed by atoms with Crippen LogP contribution in [0.1, 0.15) is 11.3 Å². The number of benzene rings is 1. The summed E-state index contributed by atoms with van der Waals surface area (Å²) in [5.74, 6) is 0.675. The number of nitrogens with zero attached hydrogens (tertiary/aromatic N) is 3. The molecule has 21 heavy (non-hydrogen) atoms. The Hall–Kier alpha value is -2.62. The Kier molecular flexibility index (Phi) is 3.22. The third kappa shape index (κ3) is 2.29. The van der Waals surface area contributed by atoms with Gasteiger partial charge in [-0.1, -0.05) is 24.3 Å². The number of nitrogen functional groups attached to an aromatic ring is 1. The van der Waals surface area contributed by atoms with Crippen LogP contribution in [0.5, 0.6) is 0 Å². The van der Waals surface area contributed by atoms with Crippen molar-refractivity contribution in [1.29, 1.82) is 0 Å². The normalized spacial score (nSPS) is 10.8. The quantitative estimate of drug-likeness (QED) is 0.782. The summed E-state index contributed by atoms with van der Waals surface area (Å²) in [7, 11) is 1.87. The molecule has 4 nitrogen and oxygen atoms in total. The molecule has 0 aliphatic rings. The standard InChI is InChI=1S/C17H18N4/c1-11-6-4-5-7-14(11)15-16(20-21(3)17(15)18)13-8-9-19-12(2)10-13/h4-10H,18H2,1-3H3. The van der Waals surface area contributed by atoms with E-state index >= 15 is 0 Å². The Morgan fingerprint density at radius 1 is 1.10 bits per heavy atom. The van der Waals surface area contributed by atoms with Crippen LogP contribution in [-0.4, -0.2) is 14.8 Å². The number of pyridine rings is 1. The van der Waals surface area contributed by atoms with Crippen molar-refractivity contribution >= 4 is 5.82 Å². The molecule has 0 amide bonds. The molecule has 0 bridgehead atoms. The summed E-state index contributed by atoms with van der Waals surface area (Å²) in [5, 5.41) is 4.60.